The minimum atomic E-state index is -0.0971. The van der Waals surface area contributed by atoms with E-state index < -0.39 is 0 Å². The standard InChI is InChI=1S/C25H25N3O2S2/c29-18-22(24-6-3-17-31-24)28-15-13-27(14-16-28)12-11-19-7-9-20(10-8-19)30-25-26-21-4-1-2-5-23(21)32-25/h1-10,17-18,22H,11-16H2. The highest BCUT2D eigenvalue weighted by Crippen LogP contribution is 2.31. The predicted octanol–water partition coefficient (Wildman–Crippen LogP) is 5.25. The molecule has 4 aromatic rings. The van der Waals surface area contributed by atoms with Gasteiger partial charge in [-0.2, -0.15) is 0 Å². The molecule has 7 heteroatoms. The smallest absolute Gasteiger partial charge is 0.279 e. The molecule has 0 spiro atoms. The van der Waals surface area contributed by atoms with E-state index in [-0.39, 0.29) is 6.04 Å². The Morgan fingerprint density at radius 3 is 2.53 bits per heavy atom. The van der Waals surface area contributed by atoms with Gasteiger partial charge in [0.1, 0.15) is 18.1 Å². The van der Waals surface area contributed by atoms with Gasteiger partial charge in [-0.1, -0.05) is 41.7 Å². The summed E-state index contributed by atoms with van der Waals surface area (Å²) in [5, 5.41) is 2.71. The normalized spacial score (nSPS) is 16.2. The van der Waals surface area contributed by atoms with Crippen molar-refractivity contribution < 1.29 is 9.53 Å². The highest BCUT2D eigenvalue weighted by molar-refractivity contribution is 7.20. The molecule has 2 aromatic heterocycles. The molecule has 32 heavy (non-hydrogen) atoms. The van der Waals surface area contributed by atoms with Crippen molar-refractivity contribution >= 4 is 39.2 Å². The minimum Gasteiger partial charge on any atom is -0.431 e. The van der Waals surface area contributed by atoms with Gasteiger partial charge in [-0.15, -0.1) is 11.3 Å². The monoisotopic (exact) mass is 463 g/mol. The fraction of sp³-hybridized carbons (Fsp3) is 0.280. The Bertz CT molecular complexity index is 1120. The number of para-hydroxylation sites is 1. The number of piperazine rings is 1. The first-order valence-corrected chi connectivity index (χ1v) is 12.6. The zero-order valence-corrected chi connectivity index (χ0v) is 19.4. The van der Waals surface area contributed by atoms with Gasteiger partial charge in [0.2, 0.25) is 0 Å². The lowest BCUT2D eigenvalue weighted by Gasteiger charge is -2.37. The van der Waals surface area contributed by atoms with Crippen LogP contribution in [-0.2, 0) is 11.2 Å². The fourth-order valence-corrected chi connectivity index (χ4v) is 5.71. The summed E-state index contributed by atoms with van der Waals surface area (Å²) >= 11 is 3.22. The molecule has 2 aromatic carbocycles. The molecule has 1 unspecified atom stereocenters. The first-order chi connectivity index (χ1) is 15.8. The molecule has 0 amide bonds. The molecule has 1 saturated heterocycles. The van der Waals surface area contributed by atoms with Crippen molar-refractivity contribution in [1.82, 2.24) is 14.8 Å². The third-order valence-corrected chi connectivity index (χ3v) is 7.74. The van der Waals surface area contributed by atoms with E-state index in [2.05, 4.69) is 39.0 Å². The predicted molar refractivity (Wildman–Crippen MR) is 131 cm³/mol. The van der Waals surface area contributed by atoms with E-state index in [4.69, 9.17) is 4.74 Å². The number of nitrogens with zero attached hydrogens (tertiary/aromatic N) is 3. The number of ether oxygens (including phenoxy) is 1. The van der Waals surface area contributed by atoms with Crippen LogP contribution in [0.1, 0.15) is 16.5 Å². The fourth-order valence-electron chi connectivity index (χ4n) is 4.06. The van der Waals surface area contributed by atoms with Gasteiger partial charge in [0.05, 0.1) is 10.2 Å². The molecular formula is C25H25N3O2S2. The van der Waals surface area contributed by atoms with Gasteiger partial charge >= 0.3 is 0 Å². The molecule has 1 atom stereocenters. The number of rotatable bonds is 8. The second-order valence-corrected chi connectivity index (χ2v) is 9.89. The summed E-state index contributed by atoms with van der Waals surface area (Å²) in [6, 6.07) is 20.4. The number of carbonyl (C=O) groups is 1. The van der Waals surface area contributed by atoms with Crippen LogP contribution in [0.2, 0.25) is 0 Å². The summed E-state index contributed by atoms with van der Waals surface area (Å²) in [6.07, 6.45) is 2.09. The Labute approximate surface area is 195 Å². The second kappa shape index (κ2) is 9.92. The highest BCUT2D eigenvalue weighted by Gasteiger charge is 2.25. The lowest BCUT2D eigenvalue weighted by molar-refractivity contribution is -0.113. The lowest BCUT2D eigenvalue weighted by Crippen LogP contribution is -2.48. The molecular weight excluding hydrogens is 438 g/mol. The second-order valence-electron chi connectivity index (χ2n) is 7.92. The molecule has 0 N–H and O–H groups in total. The number of thiophene rings is 1. The number of carbonyl (C=O) groups excluding carboxylic acids is 1. The third kappa shape index (κ3) is 4.91. The molecule has 0 radical (unpaired) electrons. The van der Waals surface area contributed by atoms with Crippen LogP contribution in [0.25, 0.3) is 10.2 Å². The van der Waals surface area contributed by atoms with Gasteiger partial charge in [-0.25, -0.2) is 4.98 Å². The average Bonchev–Trinajstić information content (AvgIpc) is 3.50. The van der Waals surface area contributed by atoms with Crippen LogP contribution in [0.3, 0.4) is 0 Å². The van der Waals surface area contributed by atoms with Crippen LogP contribution in [0.15, 0.2) is 66.0 Å². The Morgan fingerprint density at radius 2 is 1.81 bits per heavy atom. The maximum Gasteiger partial charge on any atom is 0.279 e. The van der Waals surface area contributed by atoms with Crippen molar-refractivity contribution in [1.29, 1.82) is 0 Å². The summed E-state index contributed by atoms with van der Waals surface area (Å²) < 4.78 is 7.09. The zero-order valence-electron chi connectivity index (χ0n) is 17.7. The molecule has 1 aliphatic rings. The summed E-state index contributed by atoms with van der Waals surface area (Å²) in [7, 11) is 0. The number of fused-ring (bicyclic) bond motifs is 1. The van der Waals surface area contributed by atoms with Crippen LogP contribution in [-0.4, -0.2) is 53.8 Å². The number of hydrogen-bond acceptors (Lipinski definition) is 7. The number of aldehydes is 1. The van der Waals surface area contributed by atoms with Crippen LogP contribution in [0.4, 0.5) is 0 Å². The number of hydrogen-bond donors (Lipinski definition) is 0. The van der Waals surface area contributed by atoms with Crippen molar-refractivity contribution in [2.45, 2.75) is 12.5 Å². The Kier molecular flexibility index (Phi) is 6.59. The van der Waals surface area contributed by atoms with Gasteiger partial charge in [0.25, 0.3) is 5.19 Å². The van der Waals surface area contributed by atoms with E-state index >= 15 is 0 Å². The van der Waals surface area contributed by atoms with Gasteiger partial charge in [0.15, 0.2) is 0 Å². The number of benzene rings is 2. The van der Waals surface area contributed by atoms with Gasteiger partial charge in [0, 0.05) is 37.6 Å². The van der Waals surface area contributed by atoms with Gasteiger partial charge < -0.3 is 14.4 Å². The SMILES string of the molecule is O=CC(c1cccs1)N1CCN(CCc2ccc(Oc3nc4ccccc4s3)cc2)CC1. The first kappa shape index (κ1) is 21.3. The largest absolute Gasteiger partial charge is 0.431 e. The Hall–Kier alpha value is -2.58. The van der Waals surface area contributed by atoms with Crippen LogP contribution < -0.4 is 4.74 Å². The molecule has 3 heterocycles. The summed E-state index contributed by atoms with van der Waals surface area (Å²) in [6.45, 7) is 4.87. The minimum absolute atomic E-state index is 0.0971. The van der Waals surface area contributed by atoms with E-state index in [1.54, 1.807) is 22.7 Å². The first-order valence-electron chi connectivity index (χ1n) is 10.9. The molecule has 5 rings (SSSR count). The van der Waals surface area contributed by atoms with E-state index in [1.165, 1.54) is 5.56 Å². The quantitative estimate of drug-likeness (QED) is 0.334. The average molecular weight is 464 g/mol. The van der Waals surface area contributed by atoms with Crippen molar-refractivity contribution in [2.75, 3.05) is 32.7 Å². The van der Waals surface area contributed by atoms with Gasteiger partial charge in [-0.05, 0) is 47.7 Å². The van der Waals surface area contributed by atoms with Crippen molar-refractivity contribution in [3.05, 3.63) is 76.5 Å². The van der Waals surface area contributed by atoms with Crippen molar-refractivity contribution in [2.24, 2.45) is 0 Å². The number of thiazole rings is 1. The van der Waals surface area contributed by atoms with Gasteiger partial charge in [-0.3, -0.25) is 4.90 Å². The summed E-state index contributed by atoms with van der Waals surface area (Å²) in [4.78, 5) is 22.1. The van der Waals surface area contributed by atoms with Crippen molar-refractivity contribution in [3.63, 3.8) is 0 Å². The van der Waals surface area contributed by atoms with Crippen LogP contribution in [0.5, 0.6) is 10.9 Å². The maximum absolute atomic E-state index is 11.6. The summed E-state index contributed by atoms with van der Waals surface area (Å²) in [5.74, 6) is 0.815. The topological polar surface area (TPSA) is 45.7 Å². The molecule has 1 aliphatic heterocycles. The molecule has 0 bridgehead atoms. The third-order valence-electron chi connectivity index (χ3n) is 5.88. The van der Waals surface area contributed by atoms with E-state index in [0.29, 0.717) is 5.19 Å². The zero-order chi connectivity index (χ0) is 21.8. The molecule has 0 aliphatic carbocycles. The van der Waals surface area contributed by atoms with Crippen LogP contribution in [0, 0.1) is 0 Å². The van der Waals surface area contributed by atoms with E-state index in [1.807, 2.05) is 41.8 Å². The number of aromatic nitrogens is 1. The Balaban J connectivity index is 1.10. The van der Waals surface area contributed by atoms with E-state index in [9.17, 15) is 4.79 Å². The Morgan fingerprint density at radius 1 is 1.00 bits per heavy atom. The lowest BCUT2D eigenvalue weighted by atomic mass is 10.1. The van der Waals surface area contributed by atoms with Crippen LogP contribution >= 0.6 is 22.7 Å². The molecule has 0 saturated carbocycles. The summed E-state index contributed by atoms with van der Waals surface area (Å²) in [5.41, 5.74) is 2.27. The highest BCUT2D eigenvalue weighted by atomic mass is 32.1. The molecule has 164 valence electrons. The molecule has 1 fully saturated rings. The van der Waals surface area contributed by atoms with E-state index in [0.717, 1.165) is 66.3 Å². The molecule has 5 nitrogen and oxygen atoms in total. The van der Waals surface area contributed by atoms with Crippen molar-refractivity contribution in [3.8, 4) is 10.9 Å². The maximum atomic E-state index is 11.6.